The summed E-state index contributed by atoms with van der Waals surface area (Å²) in [6, 6.07) is 39.1. The summed E-state index contributed by atoms with van der Waals surface area (Å²) in [6.07, 6.45) is 7.00. The van der Waals surface area contributed by atoms with Crippen molar-refractivity contribution in [2.24, 2.45) is 5.41 Å². The van der Waals surface area contributed by atoms with Crippen molar-refractivity contribution in [3.8, 4) is 0 Å². The van der Waals surface area contributed by atoms with Gasteiger partial charge in [0.15, 0.2) is 0 Å². The molecule has 1 atom stereocenters. The second-order valence-electron chi connectivity index (χ2n) is 19.2. The zero-order valence-corrected chi connectivity index (χ0v) is 32.5. The van der Waals surface area contributed by atoms with E-state index in [0.29, 0.717) is 0 Å². The molecule has 3 heterocycles. The standard InChI is InChI=1S/C50H49BN2/c1-30-23-44-47-45(24-30)53(41-22-17-32-12-8-11-31-13-9-15-36(41)46(31)32)42-25-34(48(2,3)4)18-20-38(42)51(47)39-21-19-35-26-43(39)52(44)40-16-10-14-33-27-50(7,28-37(33)40)29-49(35,5)6/h9-10,13-26H,8,11-12,27-29H2,1-7H3. The average Bonchev–Trinajstić information content (AvgIpc) is 3.46. The van der Waals surface area contributed by atoms with Gasteiger partial charge in [-0.2, -0.15) is 0 Å². The van der Waals surface area contributed by atoms with E-state index in [2.05, 4.69) is 155 Å². The molecule has 3 heteroatoms. The highest BCUT2D eigenvalue weighted by Crippen LogP contribution is 2.54. The molecule has 0 N–H and O–H groups in total. The molecule has 6 aromatic rings. The topological polar surface area (TPSA) is 6.48 Å². The van der Waals surface area contributed by atoms with Gasteiger partial charge in [-0.3, -0.25) is 0 Å². The van der Waals surface area contributed by atoms with Gasteiger partial charge in [0.1, 0.15) is 0 Å². The summed E-state index contributed by atoms with van der Waals surface area (Å²) in [5.74, 6) is 0. The maximum absolute atomic E-state index is 2.69. The van der Waals surface area contributed by atoms with Crippen molar-refractivity contribution in [1.29, 1.82) is 0 Å². The van der Waals surface area contributed by atoms with E-state index in [4.69, 9.17) is 0 Å². The average molecular weight is 689 g/mol. The van der Waals surface area contributed by atoms with Gasteiger partial charge in [-0.1, -0.05) is 102 Å². The molecular formula is C50H49BN2. The molecule has 0 fully saturated rings. The number of fused-ring (bicyclic) bond motifs is 7. The largest absolute Gasteiger partial charge is 0.311 e. The molecule has 0 aromatic heterocycles. The summed E-state index contributed by atoms with van der Waals surface area (Å²) in [5, 5.41) is 2.86. The zero-order valence-electron chi connectivity index (χ0n) is 32.5. The molecule has 0 spiro atoms. The predicted octanol–water partition coefficient (Wildman–Crippen LogP) is 10.8. The van der Waals surface area contributed by atoms with Crippen molar-refractivity contribution >= 4 is 68.0 Å². The molecule has 3 aliphatic heterocycles. The molecule has 262 valence electrons. The van der Waals surface area contributed by atoms with Gasteiger partial charge in [-0.15, -0.1) is 0 Å². The van der Waals surface area contributed by atoms with Crippen LogP contribution in [0.5, 0.6) is 0 Å². The van der Waals surface area contributed by atoms with Crippen molar-refractivity contribution in [2.75, 3.05) is 9.80 Å². The fraction of sp³-hybridized carbons (Fsp3) is 0.320. The molecule has 0 saturated carbocycles. The van der Waals surface area contributed by atoms with E-state index in [1.54, 1.807) is 5.56 Å². The summed E-state index contributed by atoms with van der Waals surface area (Å²) in [6.45, 7) is 17.0. The first-order valence-corrected chi connectivity index (χ1v) is 20.1. The number of anilines is 6. The lowest BCUT2D eigenvalue weighted by molar-refractivity contribution is 0.243. The van der Waals surface area contributed by atoms with Gasteiger partial charge >= 0.3 is 0 Å². The Bertz CT molecular complexity index is 2580. The number of hydrogen-bond acceptors (Lipinski definition) is 2. The Morgan fingerprint density at radius 1 is 0.623 bits per heavy atom. The Hall–Kier alpha value is -4.76. The first-order valence-electron chi connectivity index (χ1n) is 20.1. The molecule has 1 unspecified atom stereocenters. The van der Waals surface area contributed by atoms with E-state index in [-0.39, 0.29) is 23.0 Å². The van der Waals surface area contributed by atoms with Crippen molar-refractivity contribution in [3.63, 3.8) is 0 Å². The van der Waals surface area contributed by atoms with Gasteiger partial charge in [0.25, 0.3) is 6.71 Å². The molecule has 53 heavy (non-hydrogen) atoms. The molecule has 4 bridgehead atoms. The SMILES string of the molecule is Cc1cc2c3c(c1)N(c1ccc4c5c(cccc15)CCC4)c1cc(C(C)(C)C)ccc1B3c1ccc3cc1N2c1cccc2c1CC(C)(C2)CC3(C)C. The van der Waals surface area contributed by atoms with E-state index < -0.39 is 0 Å². The highest BCUT2D eigenvalue weighted by atomic mass is 15.2. The second kappa shape index (κ2) is 10.5. The normalized spacial score (nSPS) is 20.0. The number of hydrogen-bond donors (Lipinski definition) is 0. The molecule has 2 nitrogen and oxygen atoms in total. The molecule has 0 saturated heterocycles. The smallest absolute Gasteiger partial charge is 0.252 e. The number of benzene rings is 6. The van der Waals surface area contributed by atoms with Gasteiger partial charge in [0.05, 0.1) is 5.69 Å². The maximum Gasteiger partial charge on any atom is 0.252 e. The van der Waals surface area contributed by atoms with Crippen LogP contribution in [0.1, 0.15) is 93.3 Å². The Morgan fingerprint density at radius 3 is 2.08 bits per heavy atom. The minimum atomic E-state index is 0.0242. The fourth-order valence-electron chi connectivity index (χ4n) is 11.6. The van der Waals surface area contributed by atoms with Crippen LogP contribution in [0, 0.1) is 12.3 Å². The van der Waals surface area contributed by atoms with Crippen molar-refractivity contribution < 1.29 is 0 Å². The minimum Gasteiger partial charge on any atom is -0.311 e. The molecule has 0 radical (unpaired) electrons. The Kier molecular flexibility index (Phi) is 6.27. The summed E-state index contributed by atoms with van der Waals surface area (Å²) < 4.78 is 0. The van der Waals surface area contributed by atoms with Crippen molar-refractivity contribution in [1.82, 2.24) is 0 Å². The maximum atomic E-state index is 2.69. The quantitative estimate of drug-likeness (QED) is 0.158. The zero-order chi connectivity index (χ0) is 36.2. The lowest BCUT2D eigenvalue weighted by Crippen LogP contribution is -2.61. The van der Waals surface area contributed by atoms with Crippen LogP contribution in [-0.4, -0.2) is 6.71 Å². The van der Waals surface area contributed by atoms with Crippen LogP contribution in [-0.2, 0) is 36.5 Å². The minimum absolute atomic E-state index is 0.0242. The van der Waals surface area contributed by atoms with Gasteiger partial charge in [0.2, 0.25) is 0 Å². The molecule has 0 amide bonds. The van der Waals surface area contributed by atoms with Crippen molar-refractivity contribution in [3.05, 3.63) is 136 Å². The molecular weight excluding hydrogens is 639 g/mol. The van der Waals surface area contributed by atoms with Crippen LogP contribution in [0.25, 0.3) is 10.8 Å². The van der Waals surface area contributed by atoms with E-state index in [0.717, 1.165) is 25.7 Å². The van der Waals surface area contributed by atoms with Crippen LogP contribution in [0.2, 0.25) is 0 Å². The number of nitrogens with zero attached hydrogens (tertiary/aromatic N) is 2. The molecule has 11 rings (SSSR count). The van der Waals surface area contributed by atoms with E-state index in [9.17, 15) is 0 Å². The van der Waals surface area contributed by atoms with Crippen LogP contribution < -0.4 is 26.2 Å². The summed E-state index contributed by atoms with van der Waals surface area (Å²) in [5.41, 5.74) is 22.8. The van der Waals surface area contributed by atoms with Gasteiger partial charge in [-0.25, -0.2) is 0 Å². The Balaban J connectivity index is 1.26. The van der Waals surface area contributed by atoms with E-state index in [1.807, 2.05) is 0 Å². The van der Waals surface area contributed by atoms with Crippen molar-refractivity contribution in [2.45, 2.75) is 97.8 Å². The Morgan fingerprint density at radius 2 is 1.30 bits per heavy atom. The fourth-order valence-corrected chi connectivity index (χ4v) is 11.6. The highest BCUT2D eigenvalue weighted by molar-refractivity contribution is 7.00. The molecule has 6 aromatic carbocycles. The second-order valence-corrected chi connectivity index (χ2v) is 19.2. The first-order chi connectivity index (χ1) is 25.4. The van der Waals surface area contributed by atoms with Gasteiger partial charge < -0.3 is 9.80 Å². The third-order valence-corrected chi connectivity index (χ3v) is 13.8. The number of rotatable bonds is 1. The summed E-state index contributed by atoms with van der Waals surface area (Å²) in [7, 11) is 0. The third kappa shape index (κ3) is 4.40. The van der Waals surface area contributed by atoms with Gasteiger partial charge in [0, 0.05) is 33.8 Å². The van der Waals surface area contributed by atoms with E-state index >= 15 is 0 Å². The lowest BCUT2D eigenvalue weighted by atomic mass is 9.33. The summed E-state index contributed by atoms with van der Waals surface area (Å²) >= 11 is 0. The summed E-state index contributed by atoms with van der Waals surface area (Å²) in [4.78, 5) is 5.36. The van der Waals surface area contributed by atoms with Crippen LogP contribution >= 0.6 is 0 Å². The van der Waals surface area contributed by atoms with Crippen LogP contribution in [0.3, 0.4) is 0 Å². The third-order valence-electron chi connectivity index (χ3n) is 13.8. The van der Waals surface area contributed by atoms with Gasteiger partial charge in [-0.05, 0) is 159 Å². The molecule has 5 aliphatic rings. The lowest BCUT2D eigenvalue weighted by Gasteiger charge is -2.46. The van der Waals surface area contributed by atoms with Crippen LogP contribution in [0.15, 0.2) is 97.1 Å². The predicted molar refractivity (Wildman–Crippen MR) is 227 cm³/mol. The first kappa shape index (κ1) is 31.7. The Labute approximate surface area is 315 Å². The number of aryl methyl sites for hydroxylation is 3. The monoisotopic (exact) mass is 688 g/mol. The van der Waals surface area contributed by atoms with E-state index in [1.165, 1.54) is 108 Å². The molecule has 2 aliphatic carbocycles. The highest BCUT2D eigenvalue weighted by Gasteiger charge is 2.47. The van der Waals surface area contributed by atoms with Crippen LogP contribution in [0.4, 0.5) is 34.1 Å².